The minimum absolute atomic E-state index is 0.839. The maximum atomic E-state index is 5.77. The topological polar surface area (TPSA) is 29.3 Å². The van der Waals surface area contributed by atoms with Crippen LogP contribution in [0.3, 0.4) is 0 Å². The van der Waals surface area contributed by atoms with Crippen molar-refractivity contribution in [2.75, 3.05) is 23.7 Å². The number of hydrogen-bond donors (Lipinski definition) is 1. The normalized spacial score (nSPS) is 10.8. The van der Waals surface area contributed by atoms with Gasteiger partial charge in [-0.3, -0.25) is 0 Å². The minimum Gasteiger partial charge on any atom is -0.399 e. The summed E-state index contributed by atoms with van der Waals surface area (Å²) in [6, 6.07) is 8.33. The number of nitrogens with zero attached hydrogens (tertiary/aromatic N) is 1. The number of fused-ring (bicyclic) bond motifs is 1. The Morgan fingerprint density at radius 3 is 2.60 bits per heavy atom. The van der Waals surface area contributed by atoms with Crippen LogP contribution in [0, 0.1) is 0 Å². The van der Waals surface area contributed by atoms with E-state index in [9.17, 15) is 0 Å². The van der Waals surface area contributed by atoms with Gasteiger partial charge in [0.1, 0.15) is 0 Å². The van der Waals surface area contributed by atoms with Gasteiger partial charge in [-0.25, -0.2) is 0 Å². The summed E-state index contributed by atoms with van der Waals surface area (Å²) < 4.78 is 1.31. The van der Waals surface area contributed by atoms with Crippen LogP contribution < -0.4 is 10.6 Å². The van der Waals surface area contributed by atoms with Gasteiger partial charge < -0.3 is 10.6 Å². The summed E-state index contributed by atoms with van der Waals surface area (Å²) in [5.74, 6) is 0. The Bertz CT molecular complexity index is 458. The average Bonchev–Trinajstić information content (AvgIpc) is 2.62. The molecule has 2 rings (SSSR count). The lowest BCUT2D eigenvalue weighted by atomic mass is 10.2. The van der Waals surface area contributed by atoms with Crippen LogP contribution >= 0.6 is 11.3 Å². The zero-order chi connectivity index (χ0) is 10.8. The SMILES string of the molecule is CCN(CC)c1cc2cc(N)ccc2s1. The highest BCUT2D eigenvalue weighted by molar-refractivity contribution is 7.22. The molecule has 0 aliphatic rings. The van der Waals surface area contributed by atoms with Gasteiger partial charge in [0.05, 0.1) is 5.00 Å². The molecule has 0 bridgehead atoms. The van der Waals surface area contributed by atoms with Crippen molar-refractivity contribution in [3.63, 3.8) is 0 Å². The van der Waals surface area contributed by atoms with Gasteiger partial charge in [0.2, 0.25) is 0 Å². The molecule has 2 aromatic rings. The van der Waals surface area contributed by atoms with E-state index in [0.717, 1.165) is 18.8 Å². The molecular weight excluding hydrogens is 204 g/mol. The Morgan fingerprint density at radius 2 is 1.93 bits per heavy atom. The summed E-state index contributed by atoms with van der Waals surface area (Å²) in [6.45, 7) is 6.47. The second kappa shape index (κ2) is 4.11. The first-order valence-electron chi connectivity index (χ1n) is 5.28. The monoisotopic (exact) mass is 220 g/mol. The molecule has 1 heterocycles. The molecule has 2 N–H and O–H groups in total. The Kier molecular flexibility index (Phi) is 2.82. The lowest BCUT2D eigenvalue weighted by Gasteiger charge is -2.17. The fourth-order valence-corrected chi connectivity index (χ4v) is 2.91. The second-order valence-electron chi connectivity index (χ2n) is 3.55. The molecule has 0 amide bonds. The Balaban J connectivity index is 2.46. The van der Waals surface area contributed by atoms with Crippen molar-refractivity contribution in [1.82, 2.24) is 0 Å². The highest BCUT2D eigenvalue weighted by Gasteiger charge is 2.06. The molecule has 0 saturated carbocycles. The third-order valence-corrected chi connectivity index (χ3v) is 3.78. The van der Waals surface area contributed by atoms with Crippen molar-refractivity contribution in [1.29, 1.82) is 0 Å². The Hall–Kier alpha value is -1.22. The van der Waals surface area contributed by atoms with Gasteiger partial charge in [0, 0.05) is 23.5 Å². The standard InChI is InChI=1S/C12H16N2S/c1-3-14(4-2)12-8-9-7-10(13)5-6-11(9)15-12/h5-8H,3-4,13H2,1-2H3. The van der Waals surface area contributed by atoms with Gasteiger partial charge in [-0.2, -0.15) is 0 Å². The van der Waals surface area contributed by atoms with E-state index in [1.54, 1.807) is 0 Å². The number of nitrogens with two attached hydrogens (primary N) is 1. The van der Waals surface area contributed by atoms with Crippen LogP contribution in [0.25, 0.3) is 10.1 Å². The van der Waals surface area contributed by atoms with E-state index in [1.807, 2.05) is 23.5 Å². The molecule has 1 aromatic heterocycles. The number of rotatable bonds is 3. The molecule has 2 nitrogen and oxygen atoms in total. The highest BCUT2D eigenvalue weighted by atomic mass is 32.1. The van der Waals surface area contributed by atoms with Crippen molar-refractivity contribution in [3.05, 3.63) is 24.3 Å². The maximum Gasteiger partial charge on any atom is 0.0920 e. The van der Waals surface area contributed by atoms with Crippen LogP contribution in [0.15, 0.2) is 24.3 Å². The molecule has 0 radical (unpaired) electrons. The number of thiophene rings is 1. The van der Waals surface area contributed by atoms with Crippen molar-refractivity contribution in [2.45, 2.75) is 13.8 Å². The minimum atomic E-state index is 0.839. The van der Waals surface area contributed by atoms with Crippen LogP contribution in [-0.2, 0) is 0 Å². The van der Waals surface area contributed by atoms with E-state index in [1.165, 1.54) is 15.1 Å². The van der Waals surface area contributed by atoms with Crippen LogP contribution in [-0.4, -0.2) is 13.1 Å². The van der Waals surface area contributed by atoms with Crippen molar-refractivity contribution >= 4 is 32.1 Å². The van der Waals surface area contributed by atoms with Crippen LogP contribution in [0.5, 0.6) is 0 Å². The fraction of sp³-hybridized carbons (Fsp3) is 0.333. The van der Waals surface area contributed by atoms with Gasteiger partial charge >= 0.3 is 0 Å². The summed E-state index contributed by atoms with van der Waals surface area (Å²) in [5.41, 5.74) is 6.60. The first-order chi connectivity index (χ1) is 7.24. The zero-order valence-corrected chi connectivity index (χ0v) is 9.97. The maximum absolute atomic E-state index is 5.77. The molecule has 0 atom stereocenters. The summed E-state index contributed by atoms with van der Waals surface area (Å²) in [6.07, 6.45) is 0. The van der Waals surface area contributed by atoms with Gasteiger partial charge in [0.15, 0.2) is 0 Å². The first kappa shape index (κ1) is 10.3. The number of benzene rings is 1. The van der Waals surface area contributed by atoms with Gasteiger partial charge in [-0.05, 0) is 43.5 Å². The molecule has 0 spiro atoms. The van der Waals surface area contributed by atoms with E-state index in [4.69, 9.17) is 5.73 Å². The van der Waals surface area contributed by atoms with Crippen molar-refractivity contribution in [3.8, 4) is 0 Å². The van der Waals surface area contributed by atoms with Gasteiger partial charge in [-0.1, -0.05) is 0 Å². The van der Waals surface area contributed by atoms with E-state index in [2.05, 4.69) is 30.9 Å². The quantitative estimate of drug-likeness (QED) is 0.804. The summed E-state index contributed by atoms with van der Waals surface area (Å²) in [7, 11) is 0. The van der Waals surface area contributed by atoms with E-state index < -0.39 is 0 Å². The highest BCUT2D eigenvalue weighted by Crippen LogP contribution is 2.33. The number of hydrogen-bond acceptors (Lipinski definition) is 3. The average molecular weight is 220 g/mol. The molecule has 15 heavy (non-hydrogen) atoms. The van der Waals surface area contributed by atoms with Gasteiger partial charge in [-0.15, -0.1) is 11.3 Å². The molecule has 0 fully saturated rings. The smallest absolute Gasteiger partial charge is 0.0920 e. The number of nitrogen functional groups attached to an aromatic ring is 1. The van der Waals surface area contributed by atoms with Crippen LogP contribution in [0.2, 0.25) is 0 Å². The summed E-state index contributed by atoms with van der Waals surface area (Å²) in [5, 5.41) is 2.59. The third-order valence-electron chi connectivity index (χ3n) is 2.60. The first-order valence-corrected chi connectivity index (χ1v) is 6.10. The van der Waals surface area contributed by atoms with Crippen LogP contribution in [0.4, 0.5) is 10.7 Å². The molecule has 0 aliphatic heterocycles. The molecule has 0 aliphatic carbocycles. The molecular formula is C12H16N2S. The van der Waals surface area contributed by atoms with E-state index in [-0.39, 0.29) is 0 Å². The van der Waals surface area contributed by atoms with E-state index >= 15 is 0 Å². The fourth-order valence-electron chi connectivity index (χ4n) is 1.74. The Labute approximate surface area is 94.3 Å². The molecule has 0 unspecified atom stereocenters. The lowest BCUT2D eigenvalue weighted by molar-refractivity contribution is 0.877. The predicted molar refractivity (Wildman–Crippen MR) is 69.8 cm³/mol. The third kappa shape index (κ3) is 1.92. The summed E-state index contributed by atoms with van der Waals surface area (Å²) in [4.78, 5) is 2.36. The molecule has 0 saturated heterocycles. The largest absolute Gasteiger partial charge is 0.399 e. The van der Waals surface area contributed by atoms with E-state index in [0.29, 0.717) is 0 Å². The van der Waals surface area contributed by atoms with Gasteiger partial charge in [0.25, 0.3) is 0 Å². The number of anilines is 2. The van der Waals surface area contributed by atoms with Crippen molar-refractivity contribution < 1.29 is 0 Å². The summed E-state index contributed by atoms with van der Waals surface area (Å²) >= 11 is 1.83. The van der Waals surface area contributed by atoms with Crippen LogP contribution in [0.1, 0.15) is 13.8 Å². The zero-order valence-electron chi connectivity index (χ0n) is 9.16. The predicted octanol–water partition coefficient (Wildman–Crippen LogP) is 3.33. The second-order valence-corrected chi connectivity index (χ2v) is 4.62. The molecule has 1 aromatic carbocycles. The lowest BCUT2D eigenvalue weighted by Crippen LogP contribution is -2.20. The molecule has 80 valence electrons. The van der Waals surface area contributed by atoms with Crippen molar-refractivity contribution in [2.24, 2.45) is 0 Å². The Morgan fingerprint density at radius 1 is 1.20 bits per heavy atom. The molecule has 3 heteroatoms.